The summed E-state index contributed by atoms with van der Waals surface area (Å²) < 4.78 is 16.8. The van der Waals surface area contributed by atoms with Gasteiger partial charge >= 0.3 is 17.9 Å². The van der Waals surface area contributed by atoms with E-state index in [0.717, 1.165) is 70.6 Å². The van der Waals surface area contributed by atoms with Gasteiger partial charge in [-0.15, -0.1) is 0 Å². The van der Waals surface area contributed by atoms with E-state index >= 15 is 0 Å². The minimum absolute atomic E-state index is 0.0731. The van der Waals surface area contributed by atoms with Crippen LogP contribution in [0.15, 0.2) is 36.5 Å². The van der Waals surface area contributed by atoms with Crippen molar-refractivity contribution in [1.82, 2.24) is 0 Å². The van der Waals surface area contributed by atoms with Gasteiger partial charge in [-0.3, -0.25) is 14.4 Å². The third-order valence-electron chi connectivity index (χ3n) is 12.6. The summed E-state index contributed by atoms with van der Waals surface area (Å²) in [5.74, 6) is -0.875. The van der Waals surface area contributed by atoms with Crippen LogP contribution in [0.25, 0.3) is 0 Å². The Bertz CT molecular complexity index is 1090. The van der Waals surface area contributed by atoms with E-state index in [1.165, 1.54) is 193 Å². The molecule has 0 aromatic rings. The molecule has 0 fully saturated rings. The van der Waals surface area contributed by atoms with Crippen LogP contribution in [0.5, 0.6) is 0 Å². The van der Waals surface area contributed by atoms with Crippen molar-refractivity contribution in [3.05, 3.63) is 36.5 Å². The average Bonchev–Trinajstić information content (AvgIpc) is 3.30. The highest BCUT2D eigenvalue weighted by Gasteiger charge is 2.19. The number of esters is 3. The van der Waals surface area contributed by atoms with Gasteiger partial charge in [-0.2, -0.15) is 0 Å². The van der Waals surface area contributed by atoms with Crippen LogP contribution in [0.4, 0.5) is 0 Å². The van der Waals surface area contributed by atoms with Crippen LogP contribution >= 0.6 is 0 Å². The second-order valence-corrected chi connectivity index (χ2v) is 19.2. The van der Waals surface area contributed by atoms with Crippen LogP contribution in [0.1, 0.15) is 303 Å². The Kier molecular flexibility index (Phi) is 52.3. The summed E-state index contributed by atoms with van der Waals surface area (Å²) in [5.41, 5.74) is 0. The van der Waals surface area contributed by atoms with Gasteiger partial charge < -0.3 is 14.2 Å². The molecule has 0 saturated heterocycles. The minimum Gasteiger partial charge on any atom is -0.462 e. The summed E-state index contributed by atoms with van der Waals surface area (Å²) in [5, 5.41) is 0. The van der Waals surface area contributed by atoms with Crippen LogP contribution in [-0.2, 0) is 28.6 Å². The number of hydrogen-bond donors (Lipinski definition) is 0. The molecular weight excluding hydrogens is 805 g/mol. The molecular formula is C59H108O6. The van der Waals surface area contributed by atoms with Crippen LogP contribution in [-0.4, -0.2) is 37.2 Å². The highest BCUT2D eigenvalue weighted by Crippen LogP contribution is 2.16. The molecule has 0 N–H and O–H groups in total. The molecule has 0 amide bonds. The molecule has 0 spiro atoms. The largest absolute Gasteiger partial charge is 0.462 e. The monoisotopic (exact) mass is 913 g/mol. The topological polar surface area (TPSA) is 78.9 Å². The molecule has 0 saturated carbocycles. The van der Waals surface area contributed by atoms with Crippen molar-refractivity contribution in [3.63, 3.8) is 0 Å². The Morgan fingerprint density at radius 1 is 0.308 bits per heavy atom. The average molecular weight is 914 g/mol. The molecule has 0 aliphatic carbocycles. The van der Waals surface area contributed by atoms with Gasteiger partial charge in [0.25, 0.3) is 0 Å². The first-order chi connectivity index (χ1) is 32.0. The molecule has 0 aromatic carbocycles. The predicted octanol–water partition coefficient (Wildman–Crippen LogP) is 18.9. The van der Waals surface area contributed by atoms with Gasteiger partial charge in [0.15, 0.2) is 6.10 Å². The Morgan fingerprint density at radius 2 is 0.554 bits per heavy atom. The van der Waals surface area contributed by atoms with Crippen molar-refractivity contribution in [2.24, 2.45) is 0 Å². The zero-order valence-corrected chi connectivity index (χ0v) is 43.5. The first-order valence-electron chi connectivity index (χ1n) is 28.5. The number of carbonyl (C=O) groups is 3. The van der Waals surface area contributed by atoms with Crippen molar-refractivity contribution < 1.29 is 28.6 Å². The molecule has 0 heterocycles. The summed E-state index contributed by atoms with van der Waals surface area (Å²) in [7, 11) is 0. The van der Waals surface area contributed by atoms with E-state index in [1.54, 1.807) is 0 Å². The van der Waals surface area contributed by atoms with Crippen molar-refractivity contribution >= 4 is 17.9 Å². The summed E-state index contributed by atoms with van der Waals surface area (Å²) in [6.45, 7) is 6.60. The summed E-state index contributed by atoms with van der Waals surface area (Å²) >= 11 is 0. The lowest BCUT2D eigenvalue weighted by Gasteiger charge is -2.18. The second-order valence-electron chi connectivity index (χ2n) is 19.2. The molecule has 65 heavy (non-hydrogen) atoms. The standard InChI is InChI=1S/C59H108O6/c1-4-7-10-13-16-18-20-22-24-26-27-28-29-30-31-33-34-36-38-40-43-46-49-52-58(61)64-55-56(54-63-57(60)51-48-45-42-15-12-9-6-3)65-59(62)53-50-47-44-41-39-37-35-32-25-23-21-19-17-14-11-8-5-2/h17,19,23,25-27,56H,4-16,18,20-22,24,28-55H2,1-3H3/b19-17-,25-23-,27-26-. The normalized spacial score (nSPS) is 12.2. The van der Waals surface area contributed by atoms with Crippen LogP contribution in [0, 0.1) is 0 Å². The quantitative estimate of drug-likeness (QED) is 0.0262. The summed E-state index contributed by atoms with van der Waals surface area (Å²) in [6.07, 6.45) is 64.4. The van der Waals surface area contributed by atoms with E-state index in [4.69, 9.17) is 14.2 Å². The highest BCUT2D eigenvalue weighted by molar-refractivity contribution is 5.71. The Morgan fingerprint density at radius 3 is 0.892 bits per heavy atom. The molecule has 0 bridgehead atoms. The number of unbranched alkanes of at least 4 members (excludes halogenated alkanes) is 35. The second kappa shape index (κ2) is 54.2. The Balaban J connectivity index is 4.16. The van der Waals surface area contributed by atoms with E-state index in [9.17, 15) is 14.4 Å². The molecule has 0 aromatic heterocycles. The molecule has 0 aliphatic heterocycles. The minimum atomic E-state index is -0.772. The Hall–Kier alpha value is -2.37. The lowest BCUT2D eigenvalue weighted by atomic mass is 10.0. The van der Waals surface area contributed by atoms with Crippen molar-refractivity contribution in [3.8, 4) is 0 Å². The maximum absolute atomic E-state index is 12.8. The highest BCUT2D eigenvalue weighted by atomic mass is 16.6. The number of hydrogen-bond acceptors (Lipinski definition) is 6. The van der Waals surface area contributed by atoms with Crippen molar-refractivity contribution in [1.29, 1.82) is 0 Å². The molecule has 6 nitrogen and oxygen atoms in total. The van der Waals surface area contributed by atoms with Crippen LogP contribution in [0.3, 0.4) is 0 Å². The van der Waals surface area contributed by atoms with E-state index in [-0.39, 0.29) is 31.1 Å². The van der Waals surface area contributed by atoms with Gasteiger partial charge in [-0.1, -0.05) is 243 Å². The summed E-state index contributed by atoms with van der Waals surface area (Å²) in [6, 6.07) is 0. The molecule has 0 radical (unpaired) electrons. The zero-order chi connectivity index (χ0) is 47.2. The SMILES string of the molecule is CCCCC/C=C\C/C=C\CCCCCCCCCC(=O)OC(COC(=O)CCCCCCCCC)COC(=O)CCCCCCCCCCCCC/C=C\CCCCCCCCCC. The molecule has 380 valence electrons. The molecule has 1 unspecified atom stereocenters. The zero-order valence-electron chi connectivity index (χ0n) is 43.5. The number of ether oxygens (including phenoxy) is 3. The molecule has 0 aliphatic rings. The molecule has 1 atom stereocenters. The van der Waals surface area contributed by atoms with Gasteiger partial charge in [-0.25, -0.2) is 0 Å². The first kappa shape index (κ1) is 62.6. The van der Waals surface area contributed by atoms with Crippen LogP contribution < -0.4 is 0 Å². The fourth-order valence-electron chi connectivity index (χ4n) is 8.29. The van der Waals surface area contributed by atoms with E-state index in [1.807, 2.05) is 0 Å². The van der Waals surface area contributed by atoms with E-state index in [2.05, 4.69) is 57.2 Å². The fraction of sp³-hybridized carbons (Fsp3) is 0.847. The van der Waals surface area contributed by atoms with Gasteiger partial charge in [0, 0.05) is 19.3 Å². The van der Waals surface area contributed by atoms with Crippen molar-refractivity contribution in [2.75, 3.05) is 13.2 Å². The third kappa shape index (κ3) is 52.5. The summed E-state index contributed by atoms with van der Waals surface area (Å²) in [4.78, 5) is 37.9. The third-order valence-corrected chi connectivity index (χ3v) is 12.6. The number of allylic oxidation sites excluding steroid dienone is 6. The van der Waals surface area contributed by atoms with E-state index < -0.39 is 6.10 Å². The van der Waals surface area contributed by atoms with Gasteiger partial charge in [0.05, 0.1) is 0 Å². The predicted molar refractivity (Wildman–Crippen MR) is 279 cm³/mol. The van der Waals surface area contributed by atoms with Crippen molar-refractivity contribution in [2.45, 2.75) is 309 Å². The van der Waals surface area contributed by atoms with Gasteiger partial charge in [-0.05, 0) is 77.0 Å². The lowest BCUT2D eigenvalue weighted by Crippen LogP contribution is -2.30. The van der Waals surface area contributed by atoms with Gasteiger partial charge in [0.2, 0.25) is 0 Å². The first-order valence-corrected chi connectivity index (χ1v) is 28.5. The van der Waals surface area contributed by atoms with Crippen LogP contribution in [0.2, 0.25) is 0 Å². The lowest BCUT2D eigenvalue weighted by molar-refractivity contribution is -0.167. The number of carbonyl (C=O) groups excluding carboxylic acids is 3. The fourth-order valence-corrected chi connectivity index (χ4v) is 8.29. The number of rotatable bonds is 52. The maximum Gasteiger partial charge on any atom is 0.306 e. The van der Waals surface area contributed by atoms with Gasteiger partial charge in [0.1, 0.15) is 13.2 Å². The van der Waals surface area contributed by atoms with E-state index in [0.29, 0.717) is 19.3 Å². The maximum atomic E-state index is 12.8. The Labute approximate surface area is 404 Å². The smallest absolute Gasteiger partial charge is 0.306 e. The molecule has 0 rings (SSSR count). The molecule has 6 heteroatoms.